The van der Waals surface area contributed by atoms with E-state index in [1.54, 1.807) is 28.9 Å². The third kappa shape index (κ3) is 4.86. The molecule has 0 saturated carbocycles. The second-order valence-corrected chi connectivity index (χ2v) is 9.96. The molecule has 2 aliphatic rings. The van der Waals surface area contributed by atoms with Crippen molar-refractivity contribution in [1.82, 2.24) is 24.3 Å². The van der Waals surface area contributed by atoms with Crippen LogP contribution in [0.5, 0.6) is 5.75 Å². The van der Waals surface area contributed by atoms with Gasteiger partial charge in [0.2, 0.25) is 5.91 Å². The number of amides is 1. The Labute approximate surface area is 231 Å². The normalized spacial score (nSPS) is 19.0. The van der Waals surface area contributed by atoms with Gasteiger partial charge in [-0.3, -0.25) is 19.0 Å². The summed E-state index contributed by atoms with van der Waals surface area (Å²) in [4.78, 5) is 40.2. The minimum absolute atomic E-state index is 0.00246. The van der Waals surface area contributed by atoms with Crippen LogP contribution in [0.4, 0.5) is 19.0 Å². The number of imidazole rings is 1. The number of carbonyl (C=O) groups is 2. The molecule has 0 unspecified atom stereocenters. The van der Waals surface area contributed by atoms with Crippen molar-refractivity contribution in [3.63, 3.8) is 0 Å². The second kappa shape index (κ2) is 10.1. The fourth-order valence-electron chi connectivity index (χ4n) is 5.41. The first-order chi connectivity index (χ1) is 19.6. The van der Waals surface area contributed by atoms with Crippen LogP contribution < -0.4 is 10.5 Å². The van der Waals surface area contributed by atoms with Gasteiger partial charge in [0.05, 0.1) is 38.3 Å². The van der Waals surface area contributed by atoms with E-state index < -0.39 is 23.6 Å². The van der Waals surface area contributed by atoms with Gasteiger partial charge in [0.25, 0.3) is 0 Å². The standard InChI is InChI=1S/C28H25F3N6O4/c1-40-21-10-15(20(38)12-17-11-16(6-7-33-17)28(29,30)31)2-4-19(21)24-25-26(32)34-8-9-36(25)27(35-24)22-13-37-18(14-41-22)3-5-23(37)39/h2,4,6-11,18,22H,3,5,12-14H2,1H3,(H2,32,34)/t18-,22-/m1/s1. The summed E-state index contributed by atoms with van der Waals surface area (Å²) < 4.78 is 52.8. The van der Waals surface area contributed by atoms with E-state index in [0.29, 0.717) is 47.9 Å². The van der Waals surface area contributed by atoms with E-state index in [-0.39, 0.29) is 35.4 Å². The smallest absolute Gasteiger partial charge is 0.416 e. The van der Waals surface area contributed by atoms with Gasteiger partial charge in [-0.15, -0.1) is 0 Å². The zero-order chi connectivity index (χ0) is 28.9. The molecule has 2 aliphatic heterocycles. The van der Waals surface area contributed by atoms with E-state index in [9.17, 15) is 22.8 Å². The van der Waals surface area contributed by atoms with Crippen molar-refractivity contribution in [3.8, 4) is 17.0 Å². The number of halogens is 3. The van der Waals surface area contributed by atoms with Gasteiger partial charge in [-0.25, -0.2) is 9.97 Å². The summed E-state index contributed by atoms with van der Waals surface area (Å²) >= 11 is 0. The van der Waals surface area contributed by atoms with E-state index in [4.69, 9.17) is 20.2 Å². The Bertz CT molecular complexity index is 1670. The fourth-order valence-corrected chi connectivity index (χ4v) is 5.41. The maximum absolute atomic E-state index is 13.1. The Kier molecular flexibility index (Phi) is 6.60. The van der Waals surface area contributed by atoms with Crippen LogP contribution in [0, 0.1) is 0 Å². The topological polar surface area (TPSA) is 125 Å². The molecule has 5 heterocycles. The van der Waals surface area contributed by atoms with Crippen molar-refractivity contribution < 1.29 is 32.2 Å². The van der Waals surface area contributed by atoms with E-state index in [1.807, 2.05) is 4.90 Å². The van der Waals surface area contributed by atoms with Crippen LogP contribution in [-0.4, -0.2) is 62.2 Å². The molecule has 6 rings (SSSR count). The summed E-state index contributed by atoms with van der Waals surface area (Å²) in [7, 11) is 1.44. The van der Waals surface area contributed by atoms with Crippen molar-refractivity contribution in [2.45, 2.75) is 37.6 Å². The molecule has 0 bridgehead atoms. The minimum Gasteiger partial charge on any atom is -0.496 e. The lowest BCUT2D eigenvalue weighted by Gasteiger charge is -2.34. The molecule has 2 fully saturated rings. The second-order valence-electron chi connectivity index (χ2n) is 9.96. The van der Waals surface area contributed by atoms with Crippen molar-refractivity contribution in [2.75, 3.05) is 26.0 Å². The lowest BCUT2D eigenvalue weighted by Crippen LogP contribution is -2.44. The highest BCUT2D eigenvalue weighted by Gasteiger charge is 2.39. The van der Waals surface area contributed by atoms with Crippen LogP contribution in [0.1, 0.15) is 46.4 Å². The number of hydrogen-bond donors (Lipinski definition) is 1. The lowest BCUT2D eigenvalue weighted by atomic mass is 10.0. The van der Waals surface area contributed by atoms with Gasteiger partial charge in [-0.2, -0.15) is 13.2 Å². The van der Waals surface area contributed by atoms with E-state index in [0.717, 1.165) is 24.8 Å². The van der Waals surface area contributed by atoms with Crippen LogP contribution in [0.2, 0.25) is 0 Å². The number of anilines is 1. The Hall–Kier alpha value is -4.52. The van der Waals surface area contributed by atoms with Crippen molar-refractivity contribution >= 4 is 23.0 Å². The molecule has 2 N–H and O–H groups in total. The van der Waals surface area contributed by atoms with Gasteiger partial charge in [-0.1, -0.05) is 6.07 Å². The zero-order valence-corrected chi connectivity index (χ0v) is 21.9. The highest BCUT2D eigenvalue weighted by Crippen LogP contribution is 2.38. The Morgan fingerprint density at radius 1 is 1.20 bits per heavy atom. The number of alkyl halides is 3. The van der Waals surface area contributed by atoms with Gasteiger partial charge < -0.3 is 20.1 Å². The molecular formula is C28H25F3N6O4. The predicted molar refractivity (Wildman–Crippen MR) is 140 cm³/mol. The minimum atomic E-state index is -4.54. The summed E-state index contributed by atoms with van der Waals surface area (Å²) in [5.41, 5.74) is 7.12. The third-order valence-corrected chi connectivity index (χ3v) is 7.47. The number of Topliss-reactive ketones (excluding diaryl/α,β-unsaturated/α-hetero) is 1. The molecule has 1 amide bonds. The first-order valence-corrected chi connectivity index (χ1v) is 12.9. The summed E-state index contributed by atoms with van der Waals surface area (Å²) in [5, 5.41) is 0. The molecule has 2 atom stereocenters. The SMILES string of the molecule is COc1cc(C(=O)Cc2cc(C(F)(F)F)ccn2)ccc1-c1nc([C@H]2CN3C(=O)CC[C@@H]3CO2)n2ccnc(N)c12. The Morgan fingerprint density at radius 2 is 2.02 bits per heavy atom. The number of aromatic nitrogens is 4. The average molecular weight is 567 g/mol. The van der Waals surface area contributed by atoms with Crippen LogP contribution in [-0.2, 0) is 22.1 Å². The first-order valence-electron chi connectivity index (χ1n) is 12.9. The van der Waals surface area contributed by atoms with Gasteiger partial charge in [0.15, 0.2) is 5.78 Å². The number of pyridine rings is 1. The van der Waals surface area contributed by atoms with Crippen LogP contribution in [0.3, 0.4) is 0 Å². The molecule has 0 radical (unpaired) electrons. The highest BCUT2D eigenvalue weighted by atomic mass is 19.4. The molecule has 41 heavy (non-hydrogen) atoms. The number of morpholine rings is 1. The number of ketones is 1. The third-order valence-electron chi connectivity index (χ3n) is 7.47. The molecular weight excluding hydrogens is 541 g/mol. The average Bonchev–Trinajstić information content (AvgIpc) is 3.53. The number of benzene rings is 1. The molecule has 4 aromatic rings. The Balaban J connectivity index is 1.34. The molecule has 10 nitrogen and oxygen atoms in total. The van der Waals surface area contributed by atoms with E-state index in [2.05, 4.69) is 9.97 Å². The quantitative estimate of drug-likeness (QED) is 0.349. The monoisotopic (exact) mass is 566 g/mol. The number of nitrogens with zero attached hydrogens (tertiary/aromatic N) is 5. The van der Waals surface area contributed by atoms with Gasteiger partial charge in [0.1, 0.15) is 34.7 Å². The van der Waals surface area contributed by atoms with Gasteiger partial charge in [-0.05, 0) is 30.7 Å². The number of fused-ring (bicyclic) bond motifs is 2. The maximum Gasteiger partial charge on any atom is 0.416 e. The summed E-state index contributed by atoms with van der Waals surface area (Å²) in [5.74, 6) is 0.721. The fraction of sp³-hybridized carbons (Fsp3) is 0.321. The number of nitrogens with two attached hydrogens (primary N) is 1. The lowest BCUT2D eigenvalue weighted by molar-refractivity contribution is -0.138. The van der Waals surface area contributed by atoms with E-state index in [1.165, 1.54) is 13.2 Å². The van der Waals surface area contributed by atoms with Crippen molar-refractivity contribution in [2.24, 2.45) is 0 Å². The van der Waals surface area contributed by atoms with E-state index >= 15 is 0 Å². The first kappa shape index (κ1) is 26.7. The molecule has 13 heteroatoms. The number of hydrogen-bond acceptors (Lipinski definition) is 8. The molecule has 3 aromatic heterocycles. The molecule has 2 saturated heterocycles. The molecule has 212 valence electrons. The molecule has 0 aliphatic carbocycles. The van der Waals surface area contributed by atoms with Gasteiger partial charge in [0, 0.05) is 41.8 Å². The van der Waals surface area contributed by atoms with Crippen molar-refractivity contribution in [3.05, 3.63) is 71.6 Å². The maximum atomic E-state index is 13.1. The Morgan fingerprint density at radius 3 is 2.80 bits per heavy atom. The summed E-state index contributed by atoms with van der Waals surface area (Å²) in [6.07, 6.45) is 0.196. The number of methoxy groups -OCH3 is 1. The van der Waals surface area contributed by atoms with Crippen LogP contribution in [0.25, 0.3) is 16.8 Å². The number of nitrogen functional groups attached to an aromatic ring is 1. The number of rotatable bonds is 6. The molecule has 1 aromatic carbocycles. The van der Waals surface area contributed by atoms with Crippen molar-refractivity contribution in [1.29, 1.82) is 0 Å². The summed E-state index contributed by atoms with van der Waals surface area (Å²) in [6, 6.07) is 6.49. The predicted octanol–water partition coefficient (Wildman–Crippen LogP) is 3.89. The van der Waals surface area contributed by atoms with Gasteiger partial charge >= 0.3 is 6.18 Å². The number of carbonyl (C=O) groups excluding carboxylic acids is 2. The highest BCUT2D eigenvalue weighted by molar-refractivity contribution is 5.99. The number of ether oxygens (including phenoxy) is 2. The molecule has 0 spiro atoms. The van der Waals surface area contributed by atoms with Crippen LogP contribution >= 0.6 is 0 Å². The zero-order valence-electron chi connectivity index (χ0n) is 21.9. The largest absolute Gasteiger partial charge is 0.496 e. The summed E-state index contributed by atoms with van der Waals surface area (Å²) in [6.45, 7) is 0.764. The van der Waals surface area contributed by atoms with Crippen LogP contribution in [0.15, 0.2) is 48.9 Å².